The summed E-state index contributed by atoms with van der Waals surface area (Å²) in [6, 6.07) is 0. The Morgan fingerprint density at radius 1 is 0.933 bits per heavy atom. The van der Waals surface area contributed by atoms with E-state index in [0.29, 0.717) is 44.1 Å². The first kappa shape index (κ1) is 53.7. The summed E-state index contributed by atoms with van der Waals surface area (Å²) in [5.74, 6) is -0.765. The summed E-state index contributed by atoms with van der Waals surface area (Å²) in [4.78, 5) is 12.7. The second kappa shape index (κ2) is 27.6. The van der Waals surface area contributed by atoms with Crippen molar-refractivity contribution >= 4 is 16.4 Å². The van der Waals surface area contributed by atoms with Crippen molar-refractivity contribution in [2.75, 3.05) is 6.61 Å². The van der Waals surface area contributed by atoms with Crippen LogP contribution in [0.5, 0.6) is 0 Å². The van der Waals surface area contributed by atoms with E-state index in [1.54, 1.807) is 25.2 Å². The number of esters is 1. The number of allylic oxidation sites excluding steroid dienone is 4. The number of ether oxygens (including phenoxy) is 2. The van der Waals surface area contributed by atoms with Crippen LogP contribution in [0, 0.1) is 5.92 Å². The Morgan fingerprint density at radius 2 is 1.62 bits per heavy atom. The van der Waals surface area contributed by atoms with Crippen molar-refractivity contribution in [3.05, 3.63) is 60.3 Å². The molecule has 0 bridgehead atoms. The highest BCUT2D eigenvalue weighted by Gasteiger charge is 2.47. The first-order chi connectivity index (χ1) is 28.2. The Kier molecular flexibility index (Phi) is 24.7. The highest BCUT2D eigenvalue weighted by Crippen LogP contribution is 2.31. The molecule has 346 valence electrons. The summed E-state index contributed by atoms with van der Waals surface area (Å²) in [6.45, 7) is 7.22. The van der Waals surface area contributed by atoms with Gasteiger partial charge >= 0.3 is 5.97 Å². The summed E-state index contributed by atoms with van der Waals surface area (Å²) < 4.78 is 49.7. The quantitative estimate of drug-likeness (QED) is 0.0398. The van der Waals surface area contributed by atoms with E-state index >= 15 is 0 Å². The molecule has 0 radical (unpaired) electrons. The molecule has 0 saturated carbocycles. The van der Waals surface area contributed by atoms with E-state index in [0.717, 1.165) is 24.5 Å². The van der Waals surface area contributed by atoms with Gasteiger partial charge < -0.3 is 65.1 Å². The van der Waals surface area contributed by atoms with Crippen LogP contribution in [0.15, 0.2) is 60.3 Å². The zero-order valence-corrected chi connectivity index (χ0v) is 35.5. The summed E-state index contributed by atoms with van der Waals surface area (Å²) in [6.07, 6.45) is -1.81. The number of hydrogen-bond acceptors (Lipinski definition) is 17. The second-order valence-corrected chi connectivity index (χ2v) is 17.3. The Morgan fingerprint density at radius 3 is 2.30 bits per heavy atom. The minimum absolute atomic E-state index is 0.0991. The minimum Gasteiger partial charge on any atom is -0.726 e. The highest BCUT2D eigenvalue weighted by atomic mass is 32.3. The smallest absolute Gasteiger partial charge is 0.330 e. The fourth-order valence-electron chi connectivity index (χ4n) is 7.38. The third-order valence-electron chi connectivity index (χ3n) is 10.5. The molecule has 0 aromatic rings. The fraction of sp³-hybridized carbons (Fsp3) is 0.738. The summed E-state index contributed by atoms with van der Waals surface area (Å²) in [7, 11) is -5.37. The van der Waals surface area contributed by atoms with E-state index in [4.69, 9.17) is 14.6 Å². The predicted octanol–water partition coefficient (Wildman–Crippen LogP) is 1.03. The van der Waals surface area contributed by atoms with E-state index in [1.165, 1.54) is 6.08 Å². The van der Waals surface area contributed by atoms with Gasteiger partial charge in [-0.3, -0.25) is 4.18 Å². The van der Waals surface area contributed by atoms with Crippen LogP contribution in [0.2, 0.25) is 0 Å². The first-order valence-corrected chi connectivity index (χ1v) is 22.1. The molecule has 2 aliphatic rings. The molecule has 14 atom stereocenters. The number of hydrogen-bond donors (Lipinski definition) is 10. The van der Waals surface area contributed by atoms with Crippen molar-refractivity contribution < 1.29 is 82.5 Å². The molecule has 17 nitrogen and oxygen atoms in total. The van der Waals surface area contributed by atoms with Gasteiger partial charge in [0.2, 0.25) is 10.4 Å². The lowest BCUT2D eigenvalue weighted by atomic mass is 9.88. The van der Waals surface area contributed by atoms with Crippen LogP contribution in [0.3, 0.4) is 0 Å². The van der Waals surface area contributed by atoms with Crippen molar-refractivity contribution in [2.24, 2.45) is 5.92 Å². The van der Waals surface area contributed by atoms with Crippen molar-refractivity contribution in [3.63, 3.8) is 0 Å². The predicted molar refractivity (Wildman–Crippen MR) is 218 cm³/mol. The van der Waals surface area contributed by atoms with Gasteiger partial charge in [-0.15, -0.1) is 0 Å². The zero-order valence-electron chi connectivity index (χ0n) is 34.7. The van der Waals surface area contributed by atoms with Crippen LogP contribution in [-0.2, 0) is 28.9 Å². The van der Waals surface area contributed by atoms with Crippen LogP contribution < -0.4 is 0 Å². The largest absolute Gasteiger partial charge is 0.726 e. The van der Waals surface area contributed by atoms with Gasteiger partial charge in [-0.2, -0.15) is 0 Å². The average molecular weight is 878 g/mol. The third kappa shape index (κ3) is 21.6. The fourth-order valence-corrected chi connectivity index (χ4v) is 7.89. The lowest BCUT2D eigenvalue weighted by molar-refractivity contribution is -0.228. The van der Waals surface area contributed by atoms with E-state index in [2.05, 4.69) is 10.8 Å². The van der Waals surface area contributed by atoms with Crippen molar-refractivity contribution in [1.82, 2.24) is 0 Å². The van der Waals surface area contributed by atoms with Gasteiger partial charge in [0.05, 0.1) is 54.9 Å². The Bertz CT molecular complexity index is 1500. The Hall–Kier alpha value is -2.40. The molecule has 18 heteroatoms. The number of aliphatic hydroxyl groups excluding tert-OH is 10. The molecule has 14 unspecified atom stereocenters. The van der Waals surface area contributed by atoms with E-state index < -0.39 is 109 Å². The number of rotatable bonds is 18. The molecule has 0 aromatic carbocycles. The zero-order chi connectivity index (χ0) is 45.0. The Balaban J connectivity index is 1.97. The lowest BCUT2D eigenvalue weighted by Gasteiger charge is -2.44. The number of carbonyl (C=O) groups is 1. The molecule has 1 saturated heterocycles. The van der Waals surface area contributed by atoms with Crippen LogP contribution in [0.25, 0.3) is 0 Å². The molecular weight excluding hydrogens is 809 g/mol. The molecule has 0 amide bonds. The molecular formula is C42H69O17S-. The van der Waals surface area contributed by atoms with E-state index in [-0.39, 0.29) is 38.0 Å². The van der Waals surface area contributed by atoms with E-state index in [1.807, 2.05) is 19.1 Å². The number of aliphatic hydroxyl groups is 10. The normalized spacial score (nSPS) is 32.5. The standard InChI is InChI=1S/C42H70O17S/c1-26(19-27(2)23-35(49)36(50)25-37-40(52)41(53)42(59-60(54,55)56)38(58-37)24-30(45)17-18-43)20-31(46)21-28(3)22-32-13-8-6-4-5-7-11-29(44)12-9-10-14-33(47)34(48)15-16-39(51)57-32/h4,6,9,12,15-16,20,28-38,40-50,52-53H,2,5,7-8,10-11,13-14,17-19,21-25H2,1,3H3,(H,54,55,56)/p-1/b6-4+,12-9+,16-15+,26-20+. The molecule has 0 aliphatic carbocycles. The van der Waals surface area contributed by atoms with Gasteiger partial charge in [0.15, 0.2) is 0 Å². The van der Waals surface area contributed by atoms with Crippen molar-refractivity contribution in [1.29, 1.82) is 0 Å². The molecule has 2 aliphatic heterocycles. The van der Waals surface area contributed by atoms with Crippen molar-refractivity contribution in [2.45, 2.75) is 183 Å². The number of cyclic esters (lactones) is 1. The summed E-state index contributed by atoms with van der Waals surface area (Å²) in [5.41, 5.74) is 1.21. The molecule has 10 N–H and O–H groups in total. The van der Waals surface area contributed by atoms with Crippen molar-refractivity contribution in [3.8, 4) is 0 Å². The van der Waals surface area contributed by atoms with Gasteiger partial charge in [0.1, 0.15) is 24.4 Å². The molecule has 60 heavy (non-hydrogen) atoms. The van der Waals surface area contributed by atoms with Gasteiger partial charge in [0, 0.05) is 25.5 Å². The maximum Gasteiger partial charge on any atom is 0.330 e. The molecule has 2 heterocycles. The van der Waals surface area contributed by atoms with Crippen LogP contribution >= 0.6 is 0 Å². The van der Waals surface area contributed by atoms with Gasteiger partial charge in [-0.25, -0.2) is 13.2 Å². The number of carbonyl (C=O) groups excluding carboxylic acids is 1. The van der Waals surface area contributed by atoms with Gasteiger partial charge in [0.25, 0.3) is 0 Å². The first-order valence-electron chi connectivity index (χ1n) is 20.8. The van der Waals surface area contributed by atoms with Gasteiger partial charge in [-0.1, -0.05) is 55.0 Å². The maximum absolute atomic E-state index is 12.7. The molecule has 2 rings (SSSR count). The maximum atomic E-state index is 12.7. The monoisotopic (exact) mass is 877 g/mol. The van der Waals surface area contributed by atoms with Crippen LogP contribution in [-0.4, -0.2) is 156 Å². The lowest BCUT2D eigenvalue weighted by Crippen LogP contribution is -2.60. The average Bonchev–Trinajstić information content (AvgIpc) is 3.14. The SMILES string of the molecule is C=C(C/C(C)=C/C(O)CC(C)CC1CC/C=C/CCCC(O)/C=C/CCC(O)C(O)/C=C/C(=O)O1)CC(O)C(O)CC1OC(CC(O)CCO)C(OS(=O)(=O)[O-])C(O)C1O. The molecule has 1 fully saturated rings. The third-order valence-corrected chi connectivity index (χ3v) is 11.0. The topological polar surface area (TPSA) is 304 Å². The summed E-state index contributed by atoms with van der Waals surface area (Å²) in [5, 5.41) is 104. The van der Waals surface area contributed by atoms with Crippen LogP contribution in [0.1, 0.15) is 104 Å². The Labute approximate surface area is 354 Å². The van der Waals surface area contributed by atoms with E-state index in [9.17, 15) is 63.7 Å². The van der Waals surface area contributed by atoms with Crippen LogP contribution in [0.4, 0.5) is 0 Å². The molecule has 0 aromatic heterocycles. The van der Waals surface area contributed by atoms with Gasteiger partial charge in [-0.05, 0) is 96.0 Å². The highest BCUT2D eigenvalue weighted by molar-refractivity contribution is 7.80. The summed E-state index contributed by atoms with van der Waals surface area (Å²) >= 11 is 0. The molecule has 0 spiro atoms. The second-order valence-electron chi connectivity index (χ2n) is 16.3. The minimum atomic E-state index is -5.37.